The predicted molar refractivity (Wildman–Crippen MR) is 110 cm³/mol. The fraction of sp³-hybridized carbons (Fsp3) is 0.389. The van der Waals surface area contributed by atoms with Crippen LogP contribution in [0.3, 0.4) is 0 Å². The molecule has 1 fully saturated rings. The van der Waals surface area contributed by atoms with Crippen molar-refractivity contribution in [1.29, 1.82) is 0 Å². The number of primary amides is 1. The summed E-state index contributed by atoms with van der Waals surface area (Å²) in [5.41, 5.74) is 6.16. The van der Waals surface area contributed by atoms with Crippen LogP contribution in [0.2, 0.25) is 0 Å². The second kappa shape index (κ2) is 8.70. The molecule has 1 heterocycles. The molecule has 28 heavy (non-hydrogen) atoms. The summed E-state index contributed by atoms with van der Waals surface area (Å²) in [5, 5.41) is 11.3. The van der Waals surface area contributed by atoms with Gasteiger partial charge in [-0.2, -0.15) is 0 Å². The first-order valence-corrected chi connectivity index (χ1v) is 10.6. The molecule has 3 amide bonds. The summed E-state index contributed by atoms with van der Waals surface area (Å²) in [6.07, 6.45) is 2.40. The Bertz CT molecular complexity index is 880. The van der Waals surface area contributed by atoms with E-state index in [-0.39, 0.29) is 17.9 Å². The maximum absolute atomic E-state index is 12.4. The van der Waals surface area contributed by atoms with Crippen molar-refractivity contribution in [2.75, 3.05) is 10.2 Å². The van der Waals surface area contributed by atoms with E-state index in [4.69, 9.17) is 5.73 Å². The number of thioether (sulfide) groups is 1. The van der Waals surface area contributed by atoms with Gasteiger partial charge in [0.25, 0.3) is 0 Å². The number of hydrogen-bond acceptors (Lipinski definition) is 7. The minimum absolute atomic E-state index is 0.0420. The van der Waals surface area contributed by atoms with E-state index in [0.717, 1.165) is 12.8 Å². The molecule has 0 spiro atoms. The molecular weight excluding hydrogens is 398 g/mol. The Kier molecular flexibility index (Phi) is 6.30. The van der Waals surface area contributed by atoms with Crippen molar-refractivity contribution >= 4 is 51.6 Å². The number of nitrogens with two attached hydrogens (primary N) is 1. The predicted octanol–water partition coefficient (Wildman–Crippen LogP) is 2.66. The minimum atomic E-state index is -0.518. The van der Waals surface area contributed by atoms with Crippen LogP contribution in [0.4, 0.5) is 10.8 Å². The van der Waals surface area contributed by atoms with Crippen molar-refractivity contribution in [3.05, 3.63) is 29.8 Å². The largest absolute Gasteiger partial charge is 0.366 e. The third-order valence-electron chi connectivity index (χ3n) is 4.17. The van der Waals surface area contributed by atoms with Crippen LogP contribution in [0.15, 0.2) is 28.6 Å². The number of amides is 3. The van der Waals surface area contributed by atoms with Gasteiger partial charge < -0.3 is 11.1 Å². The summed E-state index contributed by atoms with van der Waals surface area (Å²) >= 11 is 2.61. The van der Waals surface area contributed by atoms with Crippen LogP contribution in [0.25, 0.3) is 0 Å². The Morgan fingerprint density at radius 2 is 1.96 bits per heavy atom. The normalized spacial score (nSPS) is 14.4. The van der Waals surface area contributed by atoms with Gasteiger partial charge in [0.1, 0.15) is 0 Å². The van der Waals surface area contributed by atoms with Crippen LogP contribution in [0.1, 0.15) is 43.5 Å². The average molecular weight is 420 g/mol. The first-order chi connectivity index (χ1) is 13.4. The summed E-state index contributed by atoms with van der Waals surface area (Å²) in [6.45, 7) is 3.60. The van der Waals surface area contributed by atoms with Crippen molar-refractivity contribution in [2.24, 2.45) is 5.73 Å². The summed E-state index contributed by atoms with van der Waals surface area (Å²) < 4.78 is 0.635. The van der Waals surface area contributed by atoms with E-state index in [1.165, 1.54) is 23.1 Å². The summed E-state index contributed by atoms with van der Waals surface area (Å²) in [4.78, 5) is 37.4. The van der Waals surface area contributed by atoms with Crippen LogP contribution < -0.4 is 16.0 Å². The van der Waals surface area contributed by atoms with Crippen LogP contribution in [-0.4, -0.2) is 39.2 Å². The molecule has 3 rings (SSSR count). The zero-order chi connectivity index (χ0) is 20.3. The third kappa shape index (κ3) is 4.87. The molecule has 1 aliphatic carbocycles. The minimum Gasteiger partial charge on any atom is -0.366 e. The van der Waals surface area contributed by atoms with Gasteiger partial charge in [-0.15, -0.1) is 10.2 Å². The maximum atomic E-state index is 12.4. The standard InChI is InChI=1S/C18H21N5O3S2/c1-3-14(24)23(13-8-9-13)17-21-22-18(28-17)27-10(2)16(26)20-12-6-4-11(5-7-12)15(19)25/h4-7,10,13H,3,8-9H2,1-2H3,(H2,19,25)(H,20,26)/t10-/m0/s1. The van der Waals surface area contributed by atoms with E-state index in [0.29, 0.717) is 27.1 Å². The van der Waals surface area contributed by atoms with Gasteiger partial charge in [0.05, 0.1) is 5.25 Å². The van der Waals surface area contributed by atoms with E-state index in [9.17, 15) is 14.4 Å². The lowest BCUT2D eigenvalue weighted by Crippen LogP contribution is -2.32. The summed E-state index contributed by atoms with van der Waals surface area (Å²) in [6, 6.07) is 6.60. The monoisotopic (exact) mass is 419 g/mol. The number of nitrogens with zero attached hydrogens (tertiary/aromatic N) is 3. The van der Waals surface area contributed by atoms with E-state index in [1.807, 2.05) is 6.92 Å². The molecule has 1 aliphatic rings. The molecule has 1 atom stereocenters. The lowest BCUT2D eigenvalue weighted by molar-refractivity contribution is -0.118. The number of carbonyl (C=O) groups excluding carboxylic acids is 3. The number of hydrogen-bond donors (Lipinski definition) is 2. The van der Waals surface area contributed by atoms with Gasteiger partial charge in [-0.3, -0.25) is 19.3 Å². The van der Waals surface area contributed by atoms with Crippen molar-refractivity contribution in [1.82, 2.24) is 10.2 Å². The molecule has 1 aromatic heterocycles. The Balaban J connectivity index is 1.60. The van der Waals surface area contributed by atoms with Gasteiger partial charge in [-0.1, -0.05) is 30.0 Å². The first-order valence-electron chi connectivity index (χ1n) is 8.92. The third-order valence-corrected chi connectivity index (χ3v) is 6.28. The van der Waals surface area contributed by atoms with E-state index >= 15 is 0 Å². The van der Waals surface area contributed by atoms with Gasteiger partial charge in [-0.05, 0) is 44.0 Å². The highest BCUT2D eigenvalue weighted by Crippen LogP contribution is 2.37. The van der Waals surface area contributed by atoms with Crippen LogP contribution in [-0.2, 0) is 9.59 Å². The molecule has 148 valence electrons. The molecule has 0 saturated heterocycles. The molecule has 1 saturated carbocycles. The topological polar surface area (TPSA) is 118 Å². The van der Waals surface area contributed by atoms with Crippen LogP contribution in [0.5, 0.6) is 0 Å². The zero-order valence-electron chi connectivity index (χ0n) is 15.5. The van der Waals surface area contributed by atoms with Gasteiger partial charge in [-0.25, -0.2) is 0 Å². The van der Waals surface area contributed by atoms with Crippen molar-refractivity contribution in [2.45, 2.75) is 48.7 Å². The molecule has 8 nitrogen and oxygen atoms in total. The number of nitrogens with one attached hydrogen (secondary N) is 1. The highest BCUT2D eigenvalue weighted by Gasteiger charge is 2.35. The molecule has 10 heteroatoms. The van der Waals surface area contributed by atoms with Crippen molar-refractivity contribution < 1.29 is 14.4 Å². The second-order valence-corrected chi connectivity index (χ2v) is 8.93. The Hall–Kier alpha value is -2.46. The SMILES string of the molecule is CCC(=O)N(c1nnc(S[C@@H](C)C(=O)Nc2ccc(C(N)=O)cc2)s1)C1CC1. The number of rotatable bonds is 8. The second-order valence-electron chi connectivity index (χ2n) is 6.39. The number of carbonyl (C=O) groups is 3. The molecule has 0 bridgehead atoms. The number of anilines is 2. The molecule has 0 unspecified atom stereocenters. The molecule has 0 radical (unpaired) electrons. The molecule has 0 aliphatic heterocycles. The van der Waals surface area contributed by atoms with Crippen molar-refractivity contribution in [3.63, 3.8) is 0 Å². The summed E-state index contributed by atoms with van der Waals surface area (Å²) in [5.74, 6) is -0.673. The lowest BCUT2D eigenvalue weighted by atomic mass is 10.2. The number of benzene rings is 1. The van der Waals surface area contributed by atoms with E-state index in [1.54, 1.807) is 36.1 Å². The molecular formula is C18H21N5O3S2. The maximum Gasteiger partial charge on any atom is 0.248 e. The van der Waals surface area contributed by atoms with Gasteiger partial charge >= 0.3 is 0 Å². The van der Waals surface area contributed by atoms with E-state index < -0.39 is 11.2 Å². The Labute approximate surface area is 170 Å². The molecule has 3 N–H and O–H groups in total. The highest BCUT2D eigenvalue weighted by molar-refractivity contribution is 8.02. The van der Waals surface area contributed by atoms with Crippen LogP contribution >= 0.6 is 23.1 Å². The lowest BCUT2D eigenvalue weighted by Gasteiger charge is -2.17. The van der Waals surface area contributed by atoms with Crippen LogP contribution in [0, 0.1) is 0 Å². The van der Waals surface area contributed by atoms with Crippen molar-refractivity contribution in [3.8, 4) is 0 Å². The fourth-order valence-corrected chi connectivity index (χ4v) is 4.56. The van der Waals surface area contributed by atoms with Gasteiger partial charge in [0, 0.05) is 23.7 Å². The van der Waals surface area contributed by atoms with Gasteiger partial charge in [0.2, 0.25) is 22.9 Å². The summed E-state index contributed by atoms with van der Waals surface area (Å²) in [7, 11) is 0. The first kappa shape index (κ1) is 20.3. The zero-order valence-corrected chi connectivity index (χ0v) is 17.2. The van der Waals surface area contributed by atoms with Gasteiger partial charge in [0.15, 0.2) is 4.34 Å². The smallest absolute Gasteiger partial charge is 0.248 e. The Morgan fingerprint density at radius 3 is 2.54 bits per heavy atom. The highest BCUT2D eigenvalue weighted by atomic mass is 32.2. The number of aromatic nitrogens is 2. The van der Waals surface area contributed by atoms with E-state index in [2.05, 4.69) is 15.5 Å². The fourth-order valence-electron chi connectivity index (χ4n) is 2.48. The molecule has 2 aromatic rings. The molecule has 1 aromatic carbocycles. The Morgan fingerprint density at radius 1 is 1.29 bits per heavy atom. The quantitative estimate of drug-likeness (QED) is 0.502. The average Bonchev–Trinajstić information content (AvgIpc) is 3.40.